The molecular weight excluding hydrogens is 317 g/mol. The lowest BCUT2D eigenvalue weighted by Crippen LogP contribution is -2.11. The molecule has 0 radical (unpaired) electrons. The van der Waals surface area contributed by atoms with Crippen LogP contribution in [0.5, 0.6) is 5.75 Å². The van der Waals surface area contributed by atoms with E-state index in [1.165, 1.54) is 0 Å². The first-order chi connectivity index (χ1) is 8.49. The lowest BCUT2D eigenvalue weighted by Gasteiger charge is -2.11. The molecule has 0 N–H and O–H groups in total. The summed E-state index contributed by atoms with van der Waals surface area (Å²) in [7, 11) is 0. The first-order valence-electron chi connectivity index (χ1n) is 4.99. The molecule has 0 aliphatic heterocycles. The van der Waals surface area contributed by atoms with E-state index in [0.717, 1.165) is 12.1 Å². The van der Waals surface area contributed by atoms with Crippen molar-refractivity contribution < 1.29 is 27.4 Å². The molecule has 0 saturated heterocycles. The topological polar surface area (TPSA) is 35.5 Å². The summed E-state index contributed by atoms with van der Waals surface area (Å²) in [5, 5.41) is 0.110. The lowest BCUT2D eigenvalue weighted by atomic mass is 10.1. The number of hydrogen-bond donors (Lipinski definition) is 0. The van der Waals surface area contributed by atoms with Crippen LogP contribution in [0.1, 0.15) is 22.8 Å². The van der Waals surface area contributed by atoms with Crippen LogP contribution in [0.2, 0.25) is 0 Å². The Morgan fingerprint density at radius 2 is 2.11 bits per heavy atom. The summed E-state index contributed by atoms with van der Waals surface area (Å²) in [6, 6.07) is 1.89. The predicted octanol–water partition coefficient (Wildman–Crippen LogP) is 3.50. The Bertz CT molecular complexity index is 438. The van der Waals surface area contributed by atoms with Crippen molar-refractivity contribution >= 4 is 21.9 Å². The van der Waals surface area contributed by atoms with Crippen LogP contribution in [-0.2, 0) is 10.1 Å². The summed E-state index contributed by atoms with van der Waals surface area (Å²) >= 11 is 3.04. The molecule has 0 heterocycles. The third kappa shape index (κ3) is 3.63. The first-order valence-corrected chi connectivity index (χ1v) is 6.12. The highest BCUT2D eigenvalue weighted by molar-refractivity contribution is 9.08. The van der Waals surface area contributed by atoms with E-state index in [2.05, 4.69) is 25.4 Å². The van der Waals surface area contributed by atoms with E-state index in [1.807, 2.05) is 0 Å². The minimum atomic E-state index is -3.05. The molecule has 18 heavy (non-hydrogen) atoms. The number of esters is 1. The quantitative estimate of drug-likeness (QED) is 0.613. The smallest absolute Gasteiger partial charge is 0.387 e. The van der Waals surface area contributed by atoms with Gasteiger partial charge >= 0.3 is 12.6 Å². The van der Waals surface area contributed by atoms with Gasteiger partial charge in [0, 0.05) is 11.4 Å². The third-order valence-corrected chi connectivity index (χ3v) is 2.60. The molecule has 7 heteroatoms. The van der Waals surface area contributed by atoms with Gasteiger partial charge in [0.15, 0.2) is 0 Å². The summed E-state index contributed by atoms with van der Waals surface area (Å²) in [6.45, 7) is -1.38. The number of alkyl halides is 3. The lowest BCUT2D eigenvalue weighted by molar-refractivity contribution is -0.0500. The zero-order valence-corrected chi connectivity index (χ0v) is 11.0. The molecule has 100 valence electrons. The van der Waals surface area contributed by atoms with Crippen molar-refractivity contribution in [2.45, 2.75) is 18.9 Å². The van der Waals surface area contributed by atoms with Gasteiger partial charge in [0.1, 0.15) is 11.6 Å². The van der Waals surface area contributed by atoms with Crippen molar-refractivity contribution in [1.82, 2.24) is 0 Å². The average Bonchev–Trinajstić information content (AvgIpc) is 2.27. The van der Waals surface area contributed by atoms with E-state index >= 15 is 0 Å². The van der Waals surface area contributed by atoms with Crippen LogP contribution in [0.4, 0.5) is 13.2 Å². The molecule has 0 bridgehead atoms. The van der Waals surface area contributed by atoms with E-state index in [-0.39, 0.29) is 28.8 Å². The van der Waals surface area contributed by atoms with Crippen molar-refractivity contribution in [1.29, 1.82) is 0 Å². The largest absolute Gasteiger partial charge is 0.462 e. The predicted molar refractivity (Wildman–Crippen MR) is 61.6 cm³/mol. The summed E-state index contributed by atoms with van der Waals surface area (Å²) < 4.78 is 46.5. The molecule has 0 fully saturated rings. The Hall–Kier alpha value is -1.24. The van der Waals surface area contributed by atoms with Crippen molar-refractivity contribution in [3.05, 3.63) is 29.1 Å². The zero-order valence-electron chi connectivity index (χ0n) is 9.38. The van der Waals surface area contributed by atoms with Crippen molar-refractivity contribution in [2.75, 3.05) is 6.61 Å². The van der Waals surface area contributed by atoms with Gasteiger partial charge in [-0.3, -0.25) is 0 Å². The van der Waals surface area contributed by atoms with E-state index in [1.54, 1.807) is 6.92 Å². The number of rotatable bonds is 5. The van der Waals surface area contributed by atoms with Crippen LogP contribution in [0.25, 0.3) is 0 Å². The molecule has 0 spiro atoms. The molecule has 1 rings (SSSR count). The number of carbonyl (C=O) groups excluding carboxylic acids is 1. The number of halogens is 4. The van der Waals surface area contributed by atoms with Crippen LogP contribution in [0.15, 0.2) is 12.1 Å². The minimum absolute atomic E-state index is 0.0925. The minimum Gasteiger partial charge on any atom is -0.462 e. The van der Waals surface area contributed by atoms with Gasteiger partial charge in [0.05, 0.1) is 12.2 Å². The van der Waals surface area contributed by atoms with Crippen molar-refractivity contribution in [3.8, 4) is 5.75 Å². The van der Waals surface area contributed by atoms with E-state index in [9.17, 15) is 18.0 Å². The Morgan fingerprint density at radius 1 is 1.44 bits per heavy atom. The maximum absolute atomic E-state index is 13.7. The second-order valence-electron chi connectivity index (χ2n) is 3.17. The zero-order chi connectivity index (χ0) is 13.7. The molecular formula is C11H10BrF3O3. The fourth-order valence-electron chi connectivity index (χ4n) is 1.34. The van der Waals surface area contributed by atoms with E-state index in [4.69, 9.17) is 0 Å². The van der Waals surface area contributed by atoms with Crippen molar-refractivity contribution in [3.63, 3.8) is 0 Å². The Labute approximate surface area is 110 Å². The monoisotopic (exact) mass is 326 g/mol. The van der Waals surface area contributed by atoms with Gasteiger partial charge in [-0.1, -0.05) is 15.9 Å². The third-order valence-electron chi connectivity index (χ3n) is 1.99. The summed E-state index contributed by atoms with van der Waals surface area (Å²) in [4.78, 5) is 11.5. The number of benzene rings is 1. The van der Waals surface area contributed by atoms with Gasteiger partial charge in [-0.2, -0.15) is 8.78 Å². The Morgan fingerprint density at radius 3 is 2.61 bits per heavy atom. The van der Waals surface area contributed by atoms with E-state index in [0.29, 0.717) is 0 Å². The van der Waals surface area contributed by atoms with Crippen LogP contribution in [-0.4, -0.2) is 19.2 Å². The van der Waals surface area contributed by atoms with Crippen LogP contribution < -0.4 is 4.74 Å². The highest BCUT2D eigenvalue weighted by atomic mass is 79.9. The highest BCUT2D eigenvalue weighted by Gasteiger charge is 2.20. The maximum atomic E-state index is 13.7. The van der Waals surface area contributed by atoms with Gasteiger partial charge < -0.3 is 9.47 Å². The second-order valence-corrected chi connectivity index (χ2v) is 3.73. The SMILES string of the molecule is CCOC(=O)c1c(F)cc(OC(F)F)cc1CBr. The molecule has 0 atom stereocenters. The molecule has 1 aromatic rings. The molecule has 0 saturated carbocycles. The van der Waals surface area contributed by atoms with Crippen LogP contribution in [0, 0.1) is 5.82 Å². The van der Waals surface area contributed by atoms with Crippen LogP contribution >= 0.6 is 15.9 Å². The standard InChI is InChI=1S/C11H10BrF3O3/c1-2-17-10(16)9-6(5-12)3-7(4-8(9)13)18-11(14)15/h3-4,11H,2,5H2,1H3. The van der Waals surface area contributed by atoms with E-state index < -0.39 is 18.4 Å². The number of carbonyl (C=O) groups is 1. The Balaban J connectivity index is 3.15. The molecule has 0 aliphatic rings. The summed E-state index contributed by atoms with van der Waals surface area (Å²) in [6.07, 6.45) is 0. The van der Waals surface area contributed by atoms with Crippen LogP contribution in [0.3, 0.4) is 0 Å². The molecule has 0 aliphatic carbocycles. The molecule has 0 amide bonds. The average molecular weight is 327 g/mol. The first kappa shape index (κ1) is 14.8. The fourth-order valence-corrected chi connectivity index (χ4v) is 1.79. The molecule has 0 aromatic heterocycles. The van der Waals surface area contributed by atoms with Gasteiger partial charge in [-0.05, 0) is 18.6 Å². The summed E-state index contributed by atoms with van der Waals surface area (Å²) in [5.41, 5.74) is -0.0977. The highest BCUT2D eigenvalue weighted by Crippen LogP contribution is 2.25. The Kier molecular flexibility index (Phi) is 5.46. The van der Waals surface area contributed by atoms with Gasteiger partial charge in [0.25, 0.3) is 0 Å². The second kappa shape index (κ2) is 6.63. The fraction of sp³-hybridized carbons (Fsp3) is 0.364. The number of hydrogen-bond acceptors (Lipinski definition) is 3. The van der Waals surface area contributed by atoms with Gasteiger partial charge in [-0.25, -0.2) is 9.18 Å². The number of ether oxygens (including phenoxy) is 2. The maximum Gasteiger partial charge on any atom is 0.387 e. The summed E-state index contributed by atoms with van der Waals surface area (Å²) in [5.74, 6) is -2.14. The van der Waals surface area contributed by atoms with Gasteiger partial charge in [0.2, 0.25) is 0 Å². The normalized spacial score (nSPS) is 10.6. The molecule has 0 unspecified atom stereocenters. The van der Waals surface area contributed by atoms with Crippen molar-refractivity contribution in [2.24, 2.45) is 0 Å². The molecule has 1 aromatic carbocycles. The van der Waals surface area contributed by atoms with Gasteiger partial charge in [-0.15, -0.1) is 0 Å². The molecule has 3 nitrogen and oxygen atoms in total.